The predicted octanol–water partition coefficient (Wildman–Crippen LogP) is 2.37. The fraction of sp³-hybridized carbons (Fsp3) is 0.267. The second-order valence-corrected chi connectivity index (χ2v) is 4.24. The summed E-state index contributed by atoms with van der Waals surface area (Å²) in [6.45, 7) is 2.04. The quantitative estimate of drug-likeness (QED) is 0.879. The Morgan fingerprint density at radius 1 is 1.30 bits per heavy atom. The number of rotatable bonds is 6. The normalized spacial score (nSPS) is 11.7. The van der Waals surface area contributed by atoms with Gasteiger partial charge in [0.1, 0.15) is 17.3 Å². The molecule has 1 atom stereocenters. The largest absolute Gasteiger partial charge is 0.497 e. The number of carbonyl (C=O) groups is 1. The number of furan rings is 1. The van der Waals surface area contributed by atoms with Gasteiger partial charge in [-0.15, -0.1) is 0 Å². The number of amides is 1. The first kappa shape index (κ1) is 14.0. The van der Waals surface area contributed by atoms with Gasteiger partial charge in [-0.1, -0.05) is 6.07 Å². The molecule has 2 aromatic rings. The van der Waals surface area contributed by atoms with E-state index in [-0.39, 0.29) is 5.91 Å². The van der Waals surface area contributed by atoms with Crippen LogP contribution in [0.1, 0.15) is 12.7 Å². The summed E-state index contributed by atoms with van der Waals surface area (Å²) in [6.07, 6.45) is 0.967. The van der Waals surface area contributed by atoms with E-state index >= 15 is 0 Å². The van der Waals surface area contributed by atoms with E-state index in [9.17, 15) is 4.79 Å². The van der Waals surface area contributed by atoms with Crippen molar-refractivity contribution in [1.82, 2.24) is 5.32 Å². The van der Waals surface area contributed by atoms with Crippen LogP contribution in [-0.2, 0) is 11.3 Å². The highest BCUT2D eigenvalue weighted by Crippen LogP contribution is 2.19. The van der Waals surface area contributed by atoms with E-state index in [2.05, 4.69) is 5.32 Å². The van der Waals surface area contributed by atoms with E-state index in [1.807, 2.05) is 12.1 Å². The number of hydrogen-bond donors (Lipinski definition) is 1. The van der Waals surface area contributed by atoms with Gasteiger partial charge in [0.2, 0.25) is 0 Å². The first-order valence-electron chi connectivity index (χ1n) is 6.30. The Bertz CT molecular complexity index is 551. The lowest BCUT2D eigenvalue weighted by molar-refractivity contribution is -0.127. The topological polar surface area (TPSA) is 60.7 Å². The molecule has 5 nitrogen and oxygen atoms in total. The fourth-order valence-electron chi connectivity index (χ4n) is 1.66. The van der Waals surface area contributed by atoms with Crippen molar-refractivity contribution in [3.05, 3.63) is 48.4 Å². The third kappa shape index (κ3) is 3.78. The zero-order valence-electron chi connectivity index (χ0n) is 11.5. The van der Waals surface area contributed by atoms with Gasteiger partial charge in [0.25, 0.3) is 5.91 Å². The van der Waals surface area contributed by atoms with Crippen molar-refractivity contribution in [3.63, 3.8) is 0 Å². The summed E-state index contributed by atoms with van der Waals surface area (Å²) in [5.41, 5.74) is 0. The molecule has 0 spiro atoms. The molecular formula is C15H17NO4. The number of nitrogens with one attached hydrogen (secondary N) is 1. The van der Waals surface area contributed by atoms with Crippen LogP contribution in [-0.4, -0.2) is 19.1 Å². The van der Waals surface area contributed by atoms with Gasteiger partial charge < -0.3 is 19.2 Å². The van der Waals surface area contributed by atoms with Gasteiger partial charge in [0.05, 0.1) is 19.9 Å². The zero-order valence-corrected chi connectivity index (χ0v) is 11.5. The molecule has 0 radical (unpaired) electrons. The van der Waals surface area contributed by atoms with E-state index in [1.54, 1.807) is 44.6 Å². The molecule has 106 valence electrons. The van der Waals surface area contributed by atoms with Gasteiger partial charge in [0, 0.05) is 6.07 Å². The van der Waals surface area contributed by atoms with Crippen LogP contribution >= 0.6 is 0 Å². The summed E-state index contributed by atoms with van der Waals surface area (Å²) in [5, 5.41) is 2.74. The summed E-state index contributed by atoms with van der Waals surface area (Å²) >= 11 is 0. The number of benzene rings is 1. The smallest absolute Gasteiger partial charge is 0.261 e. The lowest BCUT2D eigenvalue weighted by Gasteiger charge is -2.14. The number of methoxy groups -OCH3 is 1. The van der Waals surface area contributed by atoms with Crippen molar-refractivity contribution in [2.75, 3.05) is 7.11 Å². The van der Waals surface area contributed by atoms with E-state index < -0.39 is 6.10 Å². The molecule has 0 fully saturated rings. The molecule has 20 heavy (non-hydrogen) atoms. The molecule has 0 aliphatic rings. The Morgan fingerprint density at radius 3 is 2.80 bits per heavy atom. The number of ether oxygens (including phenoxy) is 2. The molecule has 1 heterocycles. The van der Waals surface area contributed by atoms with Crippen molar-refractivity contribution in [2.24, 2.45) is 0 Å². The molecule has 0 saturated heterocycles. The van der Waals surface area contributed by atoms with Gasteiger partial charge in [-0.3, -0.25) is 4.79 Å². The molecule has 0 saturated carbocycles. The Balaban J connectivity index is 1.86. The highest BCUT2D eigenvalue weighted by Gasteiger charge is 2.14. The standard InChI is InChI=1S/C15H17NO4/c1-11(15(17)16-10-14-7-4-8-19-14)20-13-6-3-5-12(9-13)18-2/h3-9,11H,10H2,1-2H3,(H,16,17). The Hall–Kier alpha value is -2.43. The second-order valence-electron chi connectivity index (χ2n) is 4.24. The molecule has 0 bridgehead atoms. The SMILES string of the molecule is COc1cccc(OC(C)C(=O)NCc2ccco2)c1. The maximum absolute atomic E-state index is 11.9. The van der Waals surface area contributed by atoms with Crippen LogP contribution in [0, 0.1) is 0 Å². The van der Waals surface area contributed by atoms with Crippen LogP contribution in [0.3, 0.4) is 0 Å². The Morgan fingerprint density at radius 2 is 2.10 bits per heavy atom. The third-order valence-corrected chi connectivity index (χ3v) is 2.74. The van der Waals surface area contributed by atoms with Crippen molar-refractivity contribution < 1.29 is 18.7 Å². The summed E-state index contributed by atoms with van der Waals surface area (Å²) < 4.78 is 15.8. The van der Waals surface area contributed by atoms with Crippen molar-refractivity contribution in [1.29, 1.82) is 0 Å². The summed E-state index contributed by atoms with van der Waals surface area (Å²) in [7, 11) is 1.58. The first-order chi connectivity index (χ1) is 9.69. The molecule has 1 aromatic heterocycles. The van der Waals surface area contributed by atoms with Crippen LogP contribution in [0.15, 0.2) is 47.1 Å². The molecule has 5 heteroatoms. The van der Waals surface area contributed by atoms with E-state index in [1.165, 1.54) is 0 Å². The van der Waals surface area contributed by atoms with Gasteiger partial charge >= 0.3 is 0 Å². The first-order valence-corrected chi connectivity index (χ1v) is 6.30. The molecule has 1 N–H and O–H groups in total. The van der Waals surface area contributed by atoms with Crippen molar-refractivity contribution >= 4 is 5.91 Å². The predicted molar refractivity (Wildman–Crippen MR) is 73.6 cm³/mol. The monoisotopic (exact) mass is 275 g/mol. The Kier molecular flexibility index (Phi) is 4.65. The number of hydrogen-bond acceptors (Lipinski definition) is 4. The van der Waals surface area contributed by atoms with Gasteiger partial charge in [-0.25, -0.2) is 0 Å². The molecule has 0 aliphatic carbocycles. The lowest BCUT2D eigenvalue weighted by Crippen LogP contribution is -2.35. The molecule has 1 unspecified atom stereocenters. The molecular weight excluding hydrogens is 258 g/mol. The minimum Gasteiger partial charge on any atom is -0.497 e. The minimum absolute atomic E-state index is 0.204. The number of carbonyl (C=O) groups excluding carboxylic acids is 1. The molecule has 0 aliphatic heterocycles. The summed E-state index contributed by atoms with van der Waals surface area (Å²) in [5.74, 6) is 1.77. The van der Waals surface area contributed by atoms with Crippen LogP contribution in [0.2, 0.25) is 0 Å². The van der Waals surface area contributed by atoms with E-state index in [0.717, 1.165) is 0 Å². The van der Waals surface area contributed by atoms with E-state index in [0.29, 0.717) is 23.8 Å². The van der Waals surface area contributed by atoms with Gasteiger partial charge in [-0.2, -0.15) is 0 Å². The molecule has 1 amide bonds. The van der Waals surface area contributed by atoms with Crippen LogP contribution in [0.4, 0.5) is 0 Å². The average molecular weight is 275 g/mol. The second kappa shape index (κ2) is 6.65. The fourth-order valence-corrected chi connectivity index (χ4v) is 1.66. The van der Waals surface area contributed by atoms with Crippen molar-refractivity contribution in [3.8, 4) is 11.5 Å². The van der Waals surface area contributed by atoms with Crippen LogP contribution in [0.5, 0.6) is 11.5 Å². The van der Waals surface area contributed by atoms with Gasteiger partial charge in [0.15, 0.2) is 6.10 Å². The third-order valence-electron chi connectivity index (χ3n) is 2.74. The maximum Gasteiger partial charge on any atom is 0.261 e. The van der Waals surface area contributed by atoms with Crippen LogP contribution < -0.4 is 14.8 Å². The van der Waals surface area contributed by atoms with E-state index in [4.69, 9.17) is 13.9 Å². The highest BCUT2D eigenvalue weighted by atomic mass is 16.5. The highest BCUT2D eigenvalue weighted by molar-refractivity contribution is 5.80. The molecule has 1 aromatic carbocycles. The molecule has 2 rings (SSSR count). The lowest BCUT2D eigenvalue weighted by atomic mass is 10.3. The summed E-state index contributed by atoms with van der Waals surface area (Å²) in [4.78, 5) is 11.9. The maximum atomic E-state index is 11.9. The van der Waals surface area contributed by atoms with Crippen molar-refractivity contribution in [2.45, 2.75) is 19.6 Å². The summed E-state index contributed by atoms with van der Waals surface area (Å²) in [6, 6.07) is 10.7. The Labute approximate surface area is 117 Å². The van der Waals surface area contributed by atoms with Gasteiger partial charge in [-0.05, 0) is 31.2 Å². The zero-order chi connectivity index (χ0) is 14.4. The van der Waals surface area contributed by atoms with Crippen LogP contribution in [0.25, 0.3) is 0 Å². The average Bonchev–Trinajstić information content (AvgIpc) is 2.98. The minimum atomic E-state index is -0.600.